The minimum atomic E-state index is 0.663. The van der Waals surface area contributed by atoms with Gasteiger partial charge in [-0.15, -0.1) is 0 Å². The summed E-state index contributed by atoms with van der Waals surface area (Å²) in [5.41, 5.74) is 0. The van der Waals surface area contributed by atoms with Gasteiger partial charge >= 0.3 is 0 Å². The van der Waals surface area contributed by atoms with Gasteiger partial charge in [0.05, 0.1) is 6.54 Å². The van der Waals surface area contributed by atoms with Crippen LogP contribution in [0.25, 0.3) is 0 Å². The third-order valence-corrected chi connectivity index (χ3v) is 6.42. The number of nitrogens with zero attached hydrogens (tertiary/aromatic N) is 3. The molecule has 0 amide bonds. The van der Waals surface area contributed by atoms with Crippen LogP contribution in [0, 0.1) is 0 Å². The highest BCUT2D eigenvalue weighted by Crippen LogP contribution is 2.29. The van der Waals surface area contributed by atoms with Crippen molar-refractivity contribution in [1.29, 1.82) is 0 Å². The summed E-state index contributed by atoms with van der Waals surface area (Å²) < 4.78 is 0. The summed E-state index contributed by atoms with van der Waals surface area (Å²) in [5.74, 6) is 0. The number of amidine groups is 1. The first-order valence-corrected chi connectivity index (χ1v) is 8.63. The zero-order valence-corrected chi connectivity index (χ0v) is 12.5. The van der Waals surface area contributed by atoms with Crippen molar-refractivity contribution in [3.8, 4) is 0 Å². The van der Waals surface area contributed by atoms with Gasteiger partial charge in [0.25, 0.3) is 0 Å². The first-order chi connectivity index (χ1) is 8.36. The molecule has 0 N–H and O–H groups in total. The summed E-state index contributed by atoms with van der Waals surface area (Å²) in [6.07, 6.45) is 4.13. The van der Waals surface area contributed by atoms with Crippen molar-refractivity contribution in [2.75, 3.05) is 38.1 Å². The van der Waals surface area contributed by atoms with Gasteiger partial charge in [0.1, 0.15) is 0 Å². The number of hydrogen-bond acceptors (Lipinski definition) is 4. The van der Waals surface area contributed by atoms with Crippen molar-refractivity contribution in [3.05, 3.63) is 0 Å². The summed E-state index contributed by atoms with van der Waals surface area (Å²) in [7, 11) is 0. The Kier molecular flexibility index (Phi) is 3.97. The second kappa shape index (κ2) is 5.49. The molecule has 3 nitrogen and oxygen atoms in total. The van der Waals surface area contributed by atoms with E-state index >= 15 is 0 Å². The van der Waals surface area contributed by atoms with Gasteiger partial charge in [-0.25, -0.2) is 0 Å². The van der Waals surface area contributed by atoms with Crippen LogP contribution in [-0.4, -0.2) is 64.3 Å². The predicted molar refractivity (Wildman–Crippen MR) is 78.3 cm³/mol. The van der Waals surface area contributed by atoms with Crippen LogP contribution in [0.1, 0.15) is 19.3 Å². The molecule has 5 heteroatoms. The van der Waals surface area contributed by atoms with Crippen molar-refractivity contribution in [3.63, 3.8) is 0 Å². The maximum absolute atomic E-state index is 4.69. The third kappa shape index (κ3) is 2.66. The quantitative estimate of drug-likeness (QED) is 0.726. The van der Waals surface area contributed by atoms with Gasteiger partial charge in [-0.2, -0.15) is 0 Å². The van der Waals surface area contributed by atoms with E-state index in [1.165, 1.54) is 50.6 Å². The first-order valence-electron chi connectivity index (χ1n) is 6.63. The van der Waals surface area contributed by atoms with Crippen LogP contribution in [-0.2, 0) is 0 Å². The fraction of sp³-hybridized carbons (Fsp3) is 0.917. The van der Waals surface area contributed by atoms with Crippen LogP contribution in [0.15, 0.2) is 4.99 Å². The van der Waals surface area contributed by atoms with E-state index in [1.54, 1.807) is 0 Å². The zero-order valence-electron chi connectivity index (χ0n) is 10.1. The Balaban J connectivity index is 1.53. The van der Waals surface area contributed by atoms with Gasteiger partial charge in [0.2, 0.25) is 0 Å². The fourth-order valence-corrected chi connectivity index (χ4v) is 4.55. The van der Waals surface area contributed by atoms with Crippen LogP contribution in [0.5, 0.6) is 0 Å². The van der Waals surface area contributed by atoms with Gasteiger partial charge < -0.3 is 4.90 Å². The Bertz CT molecular complexity index is 304. The Morgan fingerprint density at radius 2 is 2.12 bits per heavy atom. The van der Waals surface area contributed by atoms with E-state index in [9.17, 15) is 0 Å². The Morgan fingerprint density at radius 1 is 1.29 bits per heavy atom. The van der Waals surface area contributed by atoms with E-state index in [0.717, 1.165) is 17.9 Å². The van der Waals surface area contributed by atoms with E-state index in [4.69, 9.17) is 0 Å². The molecule has 0 bridgehead atoms. The molecular weight excluding hydrogens is 298 g/mol. The van der Waals surface area contributed by atoms with E-state index < -0.39 is 0 Å². The Hall–Kier alpha value is 0.260. The summed E-state index contributed by atoms with van der Waals surface area (Å²) in [6, 6.07) is 0.795. The average molecular weight is 318 g/mol. The van der Waals surface area contributed by atoms with E-state index in [1.807, 2.05) is 11.8 Å². The van der Waals surface area contributed by atoms with Gasteiger partial charge in [0.15, 0.2) is 5.17 Å². The number of alkyl halides is 1. The molecule has 3 aliphatic heterocycles. The first kappa shape index (κ1) is 12.3. The zero-order chi connectivity index (χ0) is 11.7. The van der Waals surface area contributed by atoms with Crippen LogP contribution in [0.3, 0.4) is 0 Å². The fourth-order valence-electron chi connectivity index (χ4n) is 2.98. The molecule has 0 spiro atoms. The van der Waals surface area contributed by atoms with Gasteiger partial charge in [-0.3, -0.25) is 9.89 Å². The van der Waals surface area contributed by atoms with Crippen LogP contribution in [0.2, 0.25) is 0 Å². The molecule has 3 aliphatic rings. The number of hydrogen-bond donors (Lipinski definition) is 0. The lowest BCUT2D eigenvalue weighted by Gasteiger charge is -2.24. The highest BCUT2D eigenvalue weighted by molar-refractivity contribution is 9.09. The lowest BCUT2D eigenvalue weighted by Crippen LogP contribution is -2.36. The summed E-state index contributed by atoms with van der Waals surface area (Å²) in [4.78, 5) is 9.88. The summed E-state index contributed by atoms with van der Waals surface area (Å²) >= 11 is 5.52. The molecule has 2 fully saturated rings. The van der Waals surface area contributed by atoms with Gasteiger partial charge in [0, 0.05) is 29.7 Å². The lowest BCUT2D eigenvalue weighted by atomic mass is 10.2. The lowest BCUT2D eigenvalue weighted by molar-refractivity contribution is 0.250. The number of likely N-dealkylation sites (tertiary alicyclic amines) is 2. The second-order valence-corrected chi connectivity index (χ2v) is 7.06. The Labute approximate surface area is 116 Å². The van der Waals surface area contributed by atoms with Crippen molar-refractivity contribution in [1.82, 2.24) is 9.80 Å². The molecule has 0 radical (unpaired) electrons. The summed E-state index contributed by atoms with van der Waals surface area (Å²) in [5, 5.41) is 3.03. The molecule has 0 aromatic rings. The van der Waals surface area contributed by atoms with Crippen molar-refractivity contribution < 1.29 is 0 Å². The third-order valence-electron chi connectivity index (χ3n) is 3.97. The van der Waals surface area contributed by atoms with E-state index in [-0.39, 0.29) is 0 Å². The standard InChI is InChI=1S/C12H20BrN3S/c13-7-11-8-14-12(17-11)16-6-3-10(9-16)15-4-1-2-5-15/h10-11H,1-9H2. The topological polar surface area (TPSA) is 18.8 Å². The molecular formula is C12H20BrN3S. The molecule has 0 aromatic heterocycles. The molecule has 0 aliphatic carbocycles. The highest BCUT2D eigenvalue weighted by Gasteiger charge is 2.33. The van der Waals surface area contributed by atoms with Crippen molar-refractivity contribution >= 4 is 32.9 Å². The smallest absolute Gasteiger partial charge is 0.159 e. The monoisotopic (exact) mass is 317 g/mol. The largest absolute Gasteiger partial charge is 0.350 e. The number of halogens is 1. The van der Waals surface area contributed by atoms with Gasteiger partial charge in [-0.1, -0.05) is 27.7 Å². The van der Waals surface area contributed by atoms with E-state index in [2.05, 4.69) is 30.7 Å². The average Bonchev–Trinajstić information content (AvgIpc) is 3.09. The molecule has 0 saturated carbocycles. The van der Waals surface area contributed by atoms with Crippen LogP contribution >= 0.6 is 27.7 Å². The second-order valence-electron chi connectivity index (χ2n) is 5.15. The summed E-state index contributed by atoms with van der Waals surface area (Å²) in [6.45, 7) is 6.06. The number of rotatable bonds is 2. The van der Waals surface area contributed by atoms with Crippen molar-refractivity contribution in [2.45, 2.75) is 30.6 Å². The SMILES string of the molecule is BrCC1CN=C(N2CCC(N3CCCC3)C2)S1. The molecule has 3 heterocycles. The van der Waals surface area contributed by atoms with E-state index in [0.29, 0.717) is 5.25 Å². The molecule has 2 saturated heterocycles. The number of thioether (sulfide) groups is 1. The molecule has 0 aromatic carbocycles. The maximum Gasteiger partial charge on any atom is 0.159 e. The minimum absolute atomic E-state index is 0.663. The Morgan fingerprint density at radius 3 is 2.82 bits per heavy atom. The van der Waals surface area contributed by atoms with Gasteiger partial charge in [-0.05, 0) is 32.4 Å². The minimum Gasteiger partial charge on any atom is -0.350 e. The molecule has 2 unspecified atom stereocenters. The van der Waals surface area contributed by atoms with Crippen LogP contribution in [0.4, 0.5) is 0 Å². The normalized spacial score (nSPS) is 34.6. The molecule has 3 rings (SSSR count). The number of aliphatic imine (C=N–C) groups is 1. The predicted octanol–water partition coefficient (Wildman–Crippen LogP) is 2.02. The molecule has 2 atom stereocenters. The highest BCUT2D eigenvalue weighted by atomic mass is 79.9. The van der Waals surface area contributed by atoms with Crippen molar-refractivity contribution in [2.24, 2.45) is 4.99 Å². The molecule has 96 valence electrons. The maximum atomic E-state index is 4.69. The van der Waals surface area contributed by atoms with Crippen LogP contribution < -0.4 is 0 Å². The molecule has 17 heavy (non-hydrogen) atoms.